The highest BCUT2D eigenvalue weighted by Crippen LogP contribution is 2.00. The lowest BCUT2D eigenvalue weighted by Gasteiger charge is -2.25. The SMILES string of the molecule is CCCCN(CCCC)[C@@H](C)N. The largest absolute Gasteiger partial charge is 0.316 e. The van der Waals surface area contributed by atoms with Crippen molar-refractivity contribution in [3.8, 4) is 0 Å². The van der Waals surface area contributed by atoms with Gasteiger partial charge in [0.05, 0.1) is 6.17 Å². The molecule has 0 aliphatic rings. The summed E-state index contributed by atoms with van der Waals surface area (Å²) >= 11 is 0. The minimum atomic E-state index is 0.225. The summed E-state index contributed by atoms with van der Waals surface area (Å²) in [5.41, 5.74) is 5.84. The first kappa shape index (κ1) is 11.9. The van der Waals surface area contributed by atoms with Gasteiger partial charge in [0.25, 0.3) is 0 Å². The quantitative estimate of drug-likeness (QED) is 0.596. The standard InChI is InChI=1S/C10H24N2/c1-4-6-8-12(10(3)11)9-7-5-2/h10H,4-9,11H2,1-3H3/t10-/m0/s1. The maximum Gasteiger partial charge on any atom is 0.0542 e. The van der Waals surface area contributed by atoms with Crippen molar-refractivity contribution in [3.05, 3.63) is 0 Å². The highest BCUT2D eigenvalue weighted by Gasteiger charge is 2.06. The van der Waals surface area contributed by atoms with Gasteiger partial charge in [-0.2, -0.15) is 0 Å². The summed E-state index contributed by atoms with van der Waals surface area (Å²) in [5.74, 6) is 0. The average Bonchev–Trinajstić information content (AvgIpc) is 2.04. The predicted molar refractivity (Wildman–Crippen MR) is 55.0 cm³/mol. The molecule has 0 rings (SSSR count). The Bertz CT molecular complexity index is 83.8. The van der Waals surface area contributed by atoms with Crippen LogP contribution in [0.4, 0.5) is 0 Å². The maximum absolute atomic E-state index is 5.84. The topological polar surface area (TPSA) is 29.3 Å². The summed E-state index contributed by atoms with van der Waals surface area (Å²) < 4.78 is 0. The molecule has 0 unspecified atom stereocenters. The Morgan fingerprint density at radius 1 is 1.08 bits per heavy atom. The molecule has 0 amide bonds. The maximum atomic E-state index is 5.84. The van der Waals surface area contributed by atoms with Crippen molar-refractivity contribution in [1.29, 1.82) is 0 Å². The first-order valence-electron chi connectivity index (χ1n) is 5.22. The molecule has 0 aliphatic carbocycles. The minimum absolute atomic E-state index is 0.225. The van der Waals surface area contributed by atoms with Crippen molar-refractivity contribution >= 4 is 0 Å². The molecule has 0 aliphatic heterocycles. The van der Waals surface area contributed by atoms with E-state index in [-0.39, 0.29) is 6.17 Å². The van der Waals surface area contributed by atoms with E-state index in [1.54, 1.807) is 0 Å². The van der Waals surface area contributed by atoms with E-state index < -0.39 is 0 Å². The van der Waals surface area contributed by atoms with Gasteiger partial charge in [-0.05, 0) is 32.9 Å². The molecule has 1 atom stereocenters. The van der Waals surface area contributed by atoms with E-state index in [4.69, 9.17) is 5.73 Å². The fourth-order valence-electron chi connectivity index (χ4n) is 1.24. The molecule has 0 saturated heterocycles. The molecular weight excluding hydrogens is 148 g/mol. The summed E-state index contributed by atoms with van der Waals surface area (Å²) in [4.78, 5) is 2.37. The van der Waals surface area contributed by atoms with Crippen molar-refractivity contribution in [2.24, 2.45) is 5.73 Å². The van der Waals surface area contributed by atoms with Crippen molar-refractivity contribution < 1.29 is 0 Å². The molecule has 0 saturated carbocycles. The fraction of sp³-hybridized carbons (Fsp3) is 1.00. The van der Waals surface area contributed by atoms with Crippen molar-refractivity contribution in [2.75, 3.05) is 13.1 Å². The van der Waals surface area contributed by atoms with Gasteiger partial charge in [-0.15, -0.1) is 0 Å². The highest BCUT2D eigenvalue weighted by atomic mass is 15.2. The number of hydrogen-bond acceptors (Lipinski definition) is 2. The Morgan fingerprint density at radius 3 is 1.75 bits per heavy atom. The van der Waals surface area contributed by atoms with Gasteiger partial charge < -0.3 is 5.73 Å². The van der Waals surface area contributed by atoms with Crippen LogP contribution in [0.1, 0.15) is 46.5 Å². The van der Waals surface area contributed by atoms with E-state index in [1.807, 2.05) is 0 Å². The predicted octanol–water partition coefficient (Wildman–Crippen LogP) is 2.19. The number of hydrogen-bond donors (Lipinski definition) is 1. The normalized spacial score (nSPS) is 13.8. The van der Waals surface area contributed by atoms with Crippen LogP contribution in [-0.4, -0.2) is 24.2 Å². The van der Waals surface area contributed by atoms with Gasteiger partial charge in [-0.1, -0.05) is 26.7 Å². The molecule has 2 nitrogen and oxygen atoms in total. The average molecular weight is 172 g/mol. The molecule has 0 radical (unpaired) electrons. The second kappa shape index (κ2) is 7.56. The smallest absolute Gasteiger partial charge is 0.0542 e. The Morgan fingerprint density at radius 2 is 1.50 bits per heavy atom. The second-order valence-electron chi connectivity index (χ2n) is 3.48. The van der Waals surface area contributed by atoms with Crippen molar-refractivity contribution in [2.45, 2.75) is 52.6 Å². The molecule has 0 bridgehead atoms. The highest BCUT2D eigenvalue weighted by molar-refractivity contribution is 4.60. The van der Waals surface area contributed by atoms with Crippen LogP contribution in [0.2, 0.25) is 0 Å². The summed E-state index contributed by atoms with van der Waals surface area (Å²) in [5, 5.41) is 0. The third-order valence-electron chi connectivity index (χ3n) is 2.17. The first-order valence-corrected chi connectivity index (χ1v) is 5.22. The van der Waals surface area contributed by atoms with Gasteiger partial charge in [0, 0.05) is 0 Å². The van der Waals surface area contributed by atoms with Gasteiger partial charge in [0.2, 0.25) is 0 Å². The summed E-state index contributed by atoms with van der Waals surface area (Å²) in [6.07, 6.45) is 5.28. The zero-order valence-corrected chi connectivity index (χ0v) is 8.84. The van der Waals surface area contributed by atoms with Crippen LogP contribution in [-0.2, 0) is 0 Å². The van der Waals surface area contributed by atoms with Crippen LogP contribution in [0.5, 0.6) is 0 Å². The van der Waals surface area contributed by atoms with Crippen LogP contribution >= 0.6 is 0 Å². The molecule has 0 spiro atoms. The minimum Gasteiger partial charge on any atom is -0.316 e. The molecule has 0 aromatic heterocycles. The van der Waals surface area contributed by atoms with E-state index >= 15 is 0 Å². The lowest BCUT2D eigenvalue weighted by molar-refractivity contribution is 0.207. The van der Waals surface area contributed by atoms with E-state index in [9.17, 15) is 0 Å². The van der Waals surface area contributed by atoms with Crippen LogP contribution in [0.25, 0.3) is 0 Å². The fourth-order valence-corrected chi connectivity index (χ4v) is 1.24. The van der Waals surface area contributed by atoms with Gasteiger partial charge in [-0.25, -0.2) is 0 Å². The Balaban J connectivity index is 3.55. The van der Waals surface area contributed by atoms with Crippen LogP contribution < -0.4 is 5.73 Å². The zero-order chi connectivity index (χ0) is 9.40. The van der Waals surface area contributed by atoms with E-state index in [1.165, 1.54) is 25.7 Å². The Labute approximate surface area is 77.1 Å². The van der Waals surface area contributed by atoms with Gasteiger partial charge in [-0.3, -0.25) is 4.90 Å². The Hall–Kier alpha value is -0.0800. The van der Waals surface area contributed by atoms with Gasteiger partial charge >= 0.3 is 0 Å². The second-order valence-corrected chi connectivity index (χ2v) is 3.48. The monoisotopic (exact) mass is 172 g/mol. The van der Waals surface area contributed by atoms with Gasteiger partial charge in [0.15, 0.2) is 0 Å². The van der Waals surface area contributed by atoms with Crippen LogP contribution in [0.15, 0.2) is 0 Å². The number of nitrogens with zero attached hydrogens (tertiary/aromatic N) is 1. The van der Waals surface area contributed by atoms with Crippen LogP contribution in [0, 0.1) is 0 Å². The molecule has 0 aromatic carbocycles. The third kappa shape index (κ3) is 5.56. The van der Waals surface area contributed by atoms with Crippen molar-refractivity contribution in [1.82, 2.24) is 4.90 Å². The number of unbranched alkanes of at least 4 members (excludes halogenated alkanes) is 2. The first-order chi connectivity index (χ1) is 5.72. The summed E-state index contributed by atoms with van der Waals surface area (Å²) in [6.45, 7) is 8.84. The van der Waals surface area contributed by atoms with Gasteiger partial charge in [0.1, 0.15) is 0 Å². The van der Waals surface area contributed by atoms with E-state index in [0.717, 1.165) is 13.1 Å². The van der Waals surface area contributed by atoms with E-state index in [2.05, 4.69) is 25.7 Å². The molecule has 0 aromatic rings. The van der Waals surface area contributed by atoms with Crippen LogP contribution in [0.3, 0.4) is 0 Å². The molecule has 74 valence electrons. The summed E-state index contributed by atoms with van der Waals surface area (Å²) in [6, 6.07) is 0. The van der Waals surface area contributed by atoms with E-state index in [0.29, 0.717) is 0 Å². The zero-order valence-electron chi connectivity index (χ0n) is 8.84. The lowest BCUT2D eigenvalue weighted by atomic mass is 10.2. The molecule has 2 heteroatoms. The summed E-state index contributed by atoms with van der Waals surface area (Å²) in [7, 11) is 0. The molecular formula is C10H24N2. The molecule has 2 N–H and O–H groups in total. The Kier molecular flexibility index (Phi) is 7.51. The van der Waals surface area contributed by atoms with Crippen molar-refractivity contribution in [3.63, 3.8) is 0 Å². The number of rotatable bonds is 7. The lowest BCUT2D eigenvalue weighted by Crippen LogP contribution is -2.40. The number of nitrogens with two attached hydrogens (primary N) is 1. The molecule has 12 heavy (non-hydrogen) atoms. The molecule has 0 heterocycles. The molecule has 0 fully saturated rings. The third-order valence-corrected chi connectivity index (χ3v) is 2.17.